The standard InChI is InChI=1S/C17H28FN3/c1-21(16-9-3-2-4-10-16)13-6-5-11-19-14-15-8-7-12-20-17(15)18/h7-8,12,16,19H,2-6,9-11,13-14H2,1H3. The quantitative estimate of drug-likeness (QED) is 0.588. The Morgan fingerprint density at radius 3 is 2.86 bits per heavy atom. The Kier molecular flexibility index (Phi) is 7.10. The van der Waals surface area contributed by atoms with Crippen LogP contribution in [0.25, 0.3) is 0 Å². The summed E-state index contributed by atoms with van der Waals surface area (Å²) in [6.07, 6.45) is 10.8. The van der Waals surface area contributed by atoms with Gasteiger partial charge in [-0.2, -0.15) is 4.39 Å². The van der Waals surface area contributed by atoms with Crippen LogP contribution in [0.2, 0.25) is 0 Å². The van der Waals surface area contributed by atoms with Crippen molar-refractivity contribution in [2.75, 3.05) is 20.1 Å². The first-order chi connectivity index (χ1) is 10.3. The summed E-state index contributed by atoms with van der Waals surface area (Å²) in [5.41, 5.74) is 0.650. The van der Waals surface area contributed by atoms with Crippen molar-refractivity contribution in [3.05, 3.63) is 29.8 Å². The van der Waals surface area contributed by atoms with Crippen LogP contribution in [0.4, 0.5) is 4.39 Å². The van der Waals surface area contributed by atoms with Gasteiger partial charge in [0.2, 0.25) is 5.95 Å². The zero-order valence-electron chi connectivity index (χ0n) is 13.2. The van der Waals surface area contributed by atoms with E-state index >= 15 is 0 Å². The Balaban J connectivity index is 1.53. The van der Waals surface area contributed by atoms with Gasteiger partial charge in [-0.3, -0.25) is 0 Å². The highest BCUT2D eigenvalue weighted by atomic mass is 19.1. The number of halogens is 1. The molecule has 4 heteroatoms. The smallest absolute Gasteiger partial charge is 0.217 e. The second kappa shape index (κ2) is 9.11. The first-order valence-electron chi connectivity index (χ1n) is 8.27. The molecule has 0 radical (unpaired) electrons. The van der Waals surface area contributed by atoms with E-state index in [2.05, 4.69) is 22.2 Å². The predicted octanol–water partition coefficient (Wildman–Crippen LogP) is 3.36. The molecular formula is C17H28FN3. The summed E-state index contributed by atoms with van der Waals surface area (Å²) in [4.78, 5) is 6.18. The number of hydrogen-bond acceptors (Lipinski definition) is 3. The molecule has 118 valence electrons. The molecule has 1 heterocycles. The van der Waals surface area contributed by atoms with Crippen LogP contribution in [0.15, 0.2) is 18.3 Å². The summed E-state index contributed by atoms with van der Waals surface area (Å²) < 4.78 is 13.3. The van der Waals surface area contributed by atoms with Gasteiger partial charge in [0.05, 0.1) is 0 Å². The minimum Gasteiger partial charge on any atom is -0.313 e. The number of rotatable bonds is 8. The highest BCUT2D eigenvalue weighted by molar-refractivity contribution is 5.10. The lowest BCUT2D eigenvalue weighted by Gasteiger charge is -2.31. The van der Waals surface area contributed by atoms with Gasteiger partial charge in [-0.15, -0.1) is 0 Å². The SMILES string of the molecule is CN(CCCCNCc1cccnc1F)C1CCCCC1. The van der Waals surface area contributed by atoms with Crippen molar-refractivity contribution in [3.8, 4) is 0 Å². The number of unbranched alkanes of at least 4 members (excludes halogenated alkanes) is 1. The van der Waals surface area contributed by atoms with Crippen LogP contribution in [0.5, 0.6) is 0 Å². The Morgan fingerprint density at radius 2 is 2.10 bits per heavy atom. The van der Waals surface area contributed by atoms with Gasteiger partial charge in [0, 0.05) is 24.3 Å². The molecule has 1 aromatic rings. The molecule has 0 unspecified atom stereocenters. The van der Waals surface area contributed by atoms with E-state index in [1.807, 2.05) is 0 Å². The summed E-state index contributed by atoms with van der Waals surface area (Å²) in [5, 5.41) is 3.30. The van der Waals surface area contributed by atoms with Crippen molar-refractivity contribution in [1.82, 2.24) is 15.2 Å². The van der Waals surface area contributed by atoms with E-state index in [1.54, 1.807) is 12.1 Å². The van der Waals surface area contributed by atoms with Gasteiger partial charge in [-0.1, -0.05) is 25.3 Å². The lowest BCUT2D eigenvalue weighted by atomic mass is 9.94. The summed E-state index contributed by atoms with van der Waals surface area (Å²) in [7, 11) is 2.26. The Hall–Kier alpha value is -1.00. The van der Waals surface area contributed by atoms with Crippen LogP contribution in [0.1, 0.15) is 50.5 Å². The molecule has 0 aromatic carbocycles. The maximum atomic E-state index is 13.3. The minimum absolute atomic E-state index is 0.359. The van der Waals surface area contributed by atoms with Gasteiger partial charge < -0.3 is 10.2 Å². The Morgan fingerprint density at radius 1 is 1.29 bits per heavy atom. The molecule has 3 nitrogen and oxygen atoms in total. The van der Waals surface area contributed by atoms with Gasteiger partial charge in [0.15, 0.2) is 0 Å². The summed E-state index contributed by atoms with van der Waals surface area (Å²) >= 11 is 0. The van der Waals surface area contributed by atoms with Crippen LogP contribution in [0.3, 0.4) is 0 Å². The van der Waals surface area contributed by atoms with Crippen LogP contribution in [-0.2, 0) is 6.54 Å². The molecule has 0 saturated heterocycles. The molecule has 0 spiro atoms. The third-order valence-electron chi connectivity index (χ3n) is 4.46. The number of aromatic nitrogens is 1. The molecule has 1 aliphatic carbocycles. The number of pyridine rings is 1. The molecule has 0 atom stereocenters. The van der Waals surface area contributed by atoms with Crippen LogP contribution in [0, 0.1) is 5.95 Å². The van der Waals surface area contributed by atoms with E-state index in [9.17, 15) is 4.39 Å². The molecule has 0 aliphatic heterocycles. The van der Waals surface area contributed by atoms with Crippen molar-refractivity contribution in [2.45, 2.75) is 57.5 Å². The summed E-state index contributed by atoms with van der Waals surface area (Å²) in [6, 6.07) is 4.36. The summed E-state index contributed by atoms with van der Waals surface area (Å²) in [5.74, 6) is -0.359. The van der Waals surface area contributed by atoms with Gasteiger partial charge in [0.25, 0.3) is 0 Å². The Labute approximate surface area is 127 Å². The number of nitrogens with zero attached hydrogens (tertiary/aromatic N) is 2. The van der Waals surface area contributed by atoms with E-state index in [-0.39, 0.29) is 5.95 Å². The first kappa shape index (κ1) is 16.4. The molecule has 1 N–H and O–H groups in total. The van der Waals surface area contributed by atoms with E-state index in [1.165, 1.54) is 51.3 Å². The molecule has 0 amide bonds. The molecule has 2 rings (SSSR count). The lowest BCUT2D eigenvalue weighted by molar-refractivity contribution is 0.189. The zero-order chi connectivity index (χ0) is 14.9. The average Bonchev–Trinajstić information content (AvgIpc) is 2.53. The molecule has 0 bridgehead atoms. The van der Waals surface area contributed by atoms with Gasteiger partial charge in [-0.25, -0.2) is 4.98 Å². The molecule has 1 aliphatic rings. The summed E-state index contributed by atoms with van der Waals surface area (Å²) in [6.45, 7) is 2.68. The van der Waals surface area contributed by atoms with E-state index in [0.717, 1.165) is 19.0 Å². The maximum absolute atomic E-state index is 13.3. The molecule has 21 heavy (non-hydrogen) atoms. The highest BCUT2D eigenvalue weighted by Gasteiger charge is 2.17. The number of nitrogens with one attached hydrogen (secondary N) is 1. The fraction of sp³-hybridized carbons (Fsp3) is 0.706. The van der Waals surface area contributed by atoms with Crippen LogP contribution < -0.4 is 5.32 Å². The average molecular weight is 293 g/mol. The monoisotopic (exact) mass is 293 g/mol. The molecule has 1 saturated carbocycles. The third kappa shape index (κ3) is 5.71. The van der Waals surface area contributed by atoms with Crippen molar-refractivity contribution >= 4 is 0 Å². The van der Waals surface area contributed by atoms with E-state index < -0.39 is 0 Å². The van der Waals surface area contributed by atoms with Crippen molar-refractivity contribution in [3.63, 3.8) is 0 Å². The lowest BCUT2D eigenvalue weighted by Crippen LogP contribution is -2.34. The zero-order valence-corrected chi connectivity index (χ0v) is 13.2. The van der Waals surface area contributed by atoms with Crippen LogP contribution in [-0.4, -0.2) is 36.1 Å². The topological polar surface area (TPSA) is 28.2 Å². The second-order valence-corrected chi connectivity index (χ2v) is 6.11. The number of hydrogen-bond donors (Lipinski definition) is 1. The fourth-order valence-electron chi connectivity index (χ4n) is 3.09. The van der Waals surface area contributed by atoms with Gasteiger partial charge in [0.1, 0.15) is 0 Å². The minimum atomic E-state index is -0.359. The van der Waals surface area contributed by atoms with Crippen molar-refractivity contribution in [1.29, 1.82) is 0 Å². The van der Waals surface area contributed by atoms with Crippen molar-refractivity contribution < 1.29 is 4.39 Å². The molecule has 1 fully saturated rings. The largest absolute Gasteiger partial charge is 0.313 e. The molecular weight excluding hydrogens is 265 g/mol. The van der Waals surface area contributed by atoms with E-state index in [0.29, 0.717) is 12.1 Å². The third-order valence-corrected chi connectivity index (χ3v) is 4.46. The molecule has 1 aromatic heterocycles. The normalized spacial score (nSPS) is 16.5. The maximum Gasteiger partial charge on any atom is 0.217 e. The van der Waals surface area contributed by atoms with Crippen LogP contribution >= 0.6 is 0 Å². The van der Waals surface area contributed by atoms with E-state index in [4.69, 9.17) is 0 Å². The Bertz CT molecular complexity index is 405. The van der Waals surface area contributed by atoms with Crippen molar-refractivity contribution in [2.24, 2.45) is 0 Å². The second-order valence-electron chi connectivity index (χ2n) is 6.11. The first-order valence-corrected chi connectivity index (χ1v) is 8.27. The predicted molar refractivity (Wildman–Crippen MR) is 84.6 cm³/mol. The van der Waals surface area contributed by atoms with Gasteiger partial charge >= 0.3 is 0 Å². The fourth-order valence-corrected chi connectivity index (χ4v) is 3.09. The van der Waals surface area contributed by atoms with Gasteiger partial charge in [-0.05, 0) is 51.9 Å². The highest BCUT2D eigenvalue weighted by Crippen LogP contribution is 2.21.